The molecular weight excluding hydrogens is 122 g/mol. The van der Waals surface area contributed by atoms with E-state index in [0.717, 1.165) is 6.42 Å². The molecule has 1 aliphatic rings. The van der Waals surface area contributed by atoms with Gasteiger partial charge in [0.05, 0.1) is 5.54 Å². The quantitative estimate of drug-likeness (QED) is 0.535. The van der Waals surface area contributed by atoms with Gasteiger partial charge in [0.15, 0.2) is 0 Å². The fourth-order valence-corrected chi connectivity index (χ4v) is 1.10. The smallest absolute Gasteiger partial charge is 0.0548 e. The normalized spacial score (nSPS) is 31.3. The van der Waals surface area contributed by atoms with E-state index in [1.54, 1.807) is 0 Å². The third-order valence-electron chi connectivity index (χ3n) is 2.40. The Morgan fingerprint density at radius 2 is 2.10 bits per heavy atom. The van der Waals surface area contributed by atoms with Crippen LogP contribution in [0.2, 0.25) is 0 Å². The van der Waals surface area contributed by atoms with Gasteiger partial charge in [-0.25, -0.2) is 0 Å². The zero-order valence-electron chi connectivity index (χ0n) is 6.96. The van der Waals surface area contributed by atoms with E-state index in [0.29, 0.717) is 0 Å². The Hall–Kier alpha value is -0.720. The van der Waals surface area contributed by atoms with Crippen molar-refractivity contribution in [2.24, 2.45) is 0 Å². The first-order valence-electron chi connectivity index (χ1n) is 3.78. The summed E-state index contributed by atoms with van der Waals surface area (Å²) in [6.07, 6.45) is 9.70. The van der Waals surface area contributed by atoms with Crippen LogP contribution in [0.4, 0.5) is 0 Å². The highest BCUT2D eigenvalue weighted by atomic mass is 15.1. The maximum atomic E-state index is 2.24. The van der Waals surface area contributed by atoms with Gasteiger partial charge < -0.3 is 4.90 Å². The lowest BCUT2D eigenvalue weighted by atomic mass is 9.95. The highest BCUT2D eigenvalue weighted by Gasteiger charge is 2.22. The number of hydrogen-bond acceptors (Lipinski definition) is 1. The van der Waals surface area contributed by atoms with Crippen LogP contribution in [0.25, 0.3) is 0 Å². The number of likely N-dealkylation sites (N-methyl/N-ethyl adjacent to an activating group) is 1. The Labute approximate surface area is 63.0 Å². The summed E-state index contributed by atoms with van der Waals surface area (Å²) >= 11 is 0. The Bertz CT molecular complexity index is 170. The van der Waals surface area contributed by atoms with E-state index in [4.69, 9.17) is 0 Å². The van der Waals surface area contributed by atoms with Gasteiger partial charge in [-0.3, -0.25) is 0 Å². The summed E-state index contributed by atoms with van der Waals surface area (Å²) in [6.45, 7) is 4.45. The van der Waals surface area contributed by atoms with Crippen molar-refractivity contribution < 1.29 is 0 Å². The molecule has 0 aromatic heterocycles. The van der Waals surface area contributed by atoms with Gasteiger partial charge >= 0.3 is 0 Å². The molecule has 0 radical (unpaired) electrons. The van der Waals surface area contributed by atoms with Crippen molar-refractivity contribution in [3.8, 4) is 0 Å². The number of allylic oxidation sites excluding steroid dienone is 2. The number of nitrogens with zero attached hydrogens (tertiary/aromatic N) is 1. The van der Waals surface area contributed by atoms with Crippen molar-refractivity contribution in [3.05, 3.63) is 24.4 Å². The largest absolute Gasteiger partial charge is 0.372 e. The summed E-state index contributed by atoms with van der Waals surface area (Å²) in [6, 6.07) is 0. The molecule has 1 aliphatic heterocycles. The first kappa shape index (κ1) is 7.39. The zero-order valence-corrected chi connectivity index (χ0v) is 6.96. The van der Waals surface area contributed by atoms with Crippen LogP contribution >= 0.6 is 0 Å². The van der Waals surface area contributed by atoms with Gasteiger partial charge in [-0.15, -0.1) is 0 Å². The second-order valence-corrected chi connectivity index (χ2v) is 3.02. The zero-order chi connectivity index (χ0) is 7.61. The summed E-state index contributed by atoms with van der Waals surface area (Å²) in [5, 5.41) is 0. The molecular formula is C9H15N. The van der Waals surface area contributed by atoms with Crippen LogP contribution in [0.15, 0.2) is 24.4 Å². The predicted molar refractivity (Wildman–Crippen MR) is 44.7 cm³/mol. The first-order valence-corrected chi connectivity index (χ1v) is 3.78. The maximum absolute atomic E-state index is 2.24. The van der Waals surface area contributed by atoms with Crippen molar-refractivity contribution in [2.45, 2.75) is 25.8 Å². The van der Waals surface area contributed by atoms with Gasteiger partial charge in [0, 0.05) is 7.05 Å². The maximum Gasteiger partial charge on any atom is 0.0548 e. The molecule has 0 spiro atoms. The third-order valence-corrected chi connectivity index (χ3v) is 2.40. The van der Waals surface area contributed by atoms with Gasteiger partial charge in [0.1, 0.15) is 0 Å². The Balaban J connectivity index is 2.77. The van der Waals surface area contributed by atoms with Gasteiger partial charge in [-0.05, 0) is 25.6 Å². The molecule has 0 aliphatic carbocycles. The number of rotatable bonds is 1. The molecule has 10 heavy (non-hydrogen) atoms. The molecule has 0 aromatic rings. The van der Waals surface area contributed by atoms with E-state index in [9.17, 15) is 0 Å². The number of hydrogen-bond donors (Lipinski definition) is 0. The molecule has 1 unspecified atom stereocenters. The highest BCUT2D eigenvalue weighted by Crippen LogP contribution is 2.22. The SMILES string of the molecule is CCC1(C)C=CC=CN1C. The summed E-state index contributed by atoms with van der Waals surface area (Å²) in [7, 11) is 2.11. The van der Waals surface area contributed by atoms with Crippen LogP contribution in [0.5, 0.6) is 0 Å². The van der Waals surface area contributed by atoms with E-state index in [1.807, 2.05) is 0 Å². The van der Waals surface area contributed by atoms with Crippen LogP contribution < -0.4 is 0 Å². The molecule has 1 nitrogen and oxygen atoms in total. The van der Waals surface area contributed by atoms with E-state index in [-0.39, 0.29) is 5.54 Å². The van der Waals surface area contributed by atoms with Gasteiger partial charge in [0.2, 0.25) is 0 Å². The fourth-order valence-electron chi connectivity index (χ4n) is 1.10. The van der Waals surface area contributed by atoms with Crippen LogP contribution in [0.3, 0.4) is 0 Å². The Morgan fingerprint density at radius 1 is 1.40 bits per heavy atom. The molecule has 0 fully saturated rings. The summed E-state index contributed by atoms with van der Waals surface area (Å²) in [5.41, 5.74) is 0.245. The van der Waals surface area contributed by atoms with E-state index < -0.39 is 0 Å². The molecule has 0 saturated carbocycles. The minimum Gasteiger partial charge on any atom is -0.372 e. The molecule has 0 N–H and O–H groups in total. The average molecular weight is 137 g/mol. The lowest BCUT2D eigenvalue weighted by molar-refractivity contribution is 0.249. The van der Waals surface area contributed by atoms with Gasteiger partial charge in [-0.1, -0.05) is 19.1 Å². The monoisotopic (exact) mass is 137 g/mol. The first-order chi connectivity index (χ1) is 4.69. The Kier molecular flexibility index (Phi) is 1.84. The minimum atomic E-state index is 0.245. The van der Waals surface area contributed by atoms with Crippen molar-refractivity contribution in [1.82, 2.24) is 4.90 Å². The molecule has 0 aromatic carbocycles. The fraction of sp³-hybridized carbons (Fsp3) is 0.556. The lowest BCUT2D eigenvalue weighted by Crippen LogP contribution is -2.38. The van der Waals surface area contributed by atoms with E-state index >= 15 is 0 Å². The summed E-state index contributed by atoms with van der Waals surface area (Å²) < 4.78 is 0. The summed E-state index contributed by atoms with van der Waals surface area (Å²) in [4.78, 5) is 2.24. The lowest BCUT2D eigenvalue weighted by Gasteiger charge is -2.36. The molecule has 1 heteroatoms. The second kappa shape index (κ2) is 2.49. The van der Waals surface area contributed by atoms with Crippen molar-refractivity contribution in [3.63, 3.8) is 0 Å². The molecule has 1 atom stereocenters. The molecule has 0 bridgehead atoms. The van der Waals surface area contributed by atoms with Crippen molar-refractivity contribution in [2.75, 3.05) is 7.05 Å². The second-order valence-electron chi connectivity index (χ2n) is 3.02. The molecule has 56 valence electrons. The van der Waals surface area contributed by atoms with E-state index in [1.165, 1.54) is 0 Å². The van der Waals surface area contributed by atoms with Crippen LogP contribution in [-0.4, -0.2) is 17.5 Å². The standard InChI is InChI=1S/C9H15N/c1-4-9(2)7-5-6-8-10(9)3/h5-8H,4H2,1-3H3. The summed E-state index contributed by atoms with van der Waals surface area (Å²) in [5.74, 6) is 0. The van der Waals surface area contributed by atoms with Gasteiger partial charge in [-0.2, -0.15) is 0 Å². The molecule has 1 heterocycles. The topological polar surface area (TPSA) is 3.24 Å². The molecule has 0 saturated heterocycles. The van der Waals surface area contributed by atoms with Crippen molar-refractivity contribution >= 4 is 0 Å². The van der Waals surface area contributed by atoms with E-state index in [2.05, 4.69) is 50.2 Å². The third kappa shape index (κ3) is 1.08. The van der Waals surface area contributed by atoms with Crippen molar-refractivity contribution in [1.29, 1.82) is 0 Å². The van der Waals surface area contributed by atoms with Gasteiger partial charge in [0.25, 0.3) is 0 Å². The Morgan fingerprint density at radius 3 is 2.50 bits per heavy atom. The van der Waals surface area contributed by atoms with Crippen LogP contribution in [0, 0.1) is 0 Å². The van der Waals surface area contributed by atoms with Crippen LogP contribution in [-0.2, 0) is 0 Å². The highest BCUT2D eigenvalue weighted by molar-refractivity contribution is 5.18. The predicted octanol–water partition coefficient (Wildman–Crippen LogP) is 2.17. The molecule has 0 amide bonds. The molecule has 1 rings (SSSR count). The average Bonchev–Trinajstić information content (AvgIpc) is 1.96. The van der Waals surface area contributed by atoms with Crippen LogP contribution in [0.1, 0.15) is 20.3 Å². The minimum absolute atomic E-state index is 0.245.